The van der Waals surface area contributed by atoms with Gasteiger partial charge in [-0.3, -0.25) is 0 Å². The average molecular weight is 410 g/mol. The summed E-state index contributed by atoms with van der Waals surface area (Å²) in [6.07, 6.45) is 1.05. The third-order valence-electron chi connectivity index (χ3n) is 4.99. The minimum absolute atomic E-state index is 0.576. The maximum Gasteiger partial charge on any atom is 0.299 e. The molecule has 0 spiro atoms. The summed E-state index contributed by atoms with van der Waals surface area (Å²) in [6, 6.07) is 12.6. The maximum atomic E-state index is 6.08. The number of aryl methyl sites for hydroxylation is 3. The van der Waals surface area contributed by atoms with Gasteiger partial charge in [0.2, 0.25) is 0 Å². The van der Waals surface area contributed by atoms with Gasteiger partial charge in [-0.1, -0.05) is 49.7 Å². The van der Waals surface area contributed by atoms with E-state index in [1.807, 2.05) is 12.1 Å². The molecule has 0 unspecified atom stereocenters. The van der Waals surface area contributed by atoms with E-state index >= 15 is 0 Å². The monoisotopic (exact) mass is 409 g/mol. The number of ether oxygens (including phenoxy) is 1. The standard InChI is InChI=1S/C24H31N3OS/c1-16(2)15-27(6)12-11-21-13-19(5)22(14-18(21)4)28-24-25-23(26-29-24)20-9-7-17(3)8-10-20/h7-10,13-14,16H,11-12,15H2,1-6H3. The Hall–Kier alpha value is -2.24. The summed E-state index contributed by atoms with van der Waals surface area (Å²) in [7, 11) is 2.20. The van der Waals surface area contributed by atoms with Crippen LogP contribution < -0.4 is 4.74 Å². The Labute approximate surface area is 178 Å². The van der Waals surface area contributed by atoms with Gasteiger partial charge in [-0.25, -0.2) is 0 Å². The zero-order chi connectivity index (χ0) is 21.0. The lowest BCUT2D eigenvalue weighted by atomic mass is 10.0. The highest BCUT2D eigenvalue weighted by Crippen LogP contribution is 2.31. The lowest BCUT2D eigenvalue weighted by molar-refractivity contribution is 0.299. The fourth-order valence-electron chi connectivity index (χ4n) is 3.42. The molecular formula is C24H31N3OS. The molecule has 0 fully saturated rings. The topological polar surface area (TPSA) is 38.2 Å². The highest BCUT2D eigenvalue weighted by Gasteiger charge is 2.12. The Balaban J connectivity index is 1.69. The summed E-state index contributed by atoms with van der Waals surface area (Å²) >= 11 is 1.29. The predicted octanol–water partition coefficient (Wildman–Crippen LogP) is 6.05. The van der Waals surface area contributed by atoms with Crippen molar-refractivity contribution in [1.82, 2.24) is 14.3 Å². The summed E-state index contributed by atoms with van der Waals surface area (Å²) in [5.74, 6) is 2.26. The van der Waals surface area contributed by atoms with E-state index in [0.29, 0.717) is 16.9 Å². The first kappa shape index (κ1) is 21.5. The van der Waals surface area contributed by atoms with Crippen molar-refractivity contribution in [2.24, 2.45) is 5.92 Å². The number of hydrogen-bond donors (Lipinski definition) is 0. The fourth-order valence-corrected chi connectivity index (χ4v) is 3.98. The van der Waals surface area contributed by atoms with Crippen LogP contribution in [0.3, 0.4) is 0 Å². The number of hydrogen-bond acceptors (Lipinski definition) is 5. The molecule has 0 saturated carbocycles. The first-order chi connectivity index (χ1) is 13.8. The summed E-state index contributed by atoms with van der Waals surface area (Å²) < 4.78 is 10.5. The van der Waals surface area contributed by atoms with Gasteiger partial charge in [0.1, 0.15) is 5.75 Å². The van der Waals surface area contributed by atoms with Crippen molar-refractivity contribution >= 4 is 11.5 Å². The molecule has 29 heavy (non-hydrogen) atoms. The predicted molar refractivity (Wildman–Crippen MR) is 122 cm³/mol. The SMILES string of the molecule is Cc1ccc(-c2nsc(Oc3cc(C)c(CCN(C)CC(C)C)cc3C)n2)cc1. The van der Waals surface area contributed by atoms with Gasteiger partial charge >= 0.3 is 0 Å². The third kappa shape index (κ3) is 5.87. The zero-order valence-electron chi connectivity index (χ0n) is 18.3. The molecule has 154 valence electrons. The van der Waals surface area contributed by atoms with Gasteiger partial charge in [-0.05, 0) is 62.9 Å². The van der Waals surface area contributed by atoms with Gasteiger partial charge in [-0.2, -0.15) is 9.36 Å². The maximum absolute atomic E-state index is 6.08. The fraction of sp³-hybridized carbons (Fsp3) is 0.417. The highest BCUT2D eigenvalue weighted by molar-refractivity contribution is 7.07. The molecular weight excluding hydrogens is 378 g/mol. The van der Waals surface area contributed by atoms with E-state index in [-0.39, 0.29) is 0 Å². The summed E-state index contributed by atoms with van der Waals surface area (Å²) in [5, 5.41) is 0.576. The molecule has 2 aromatic carbocycles. The lowest BCUT2D eigenvalue weighted by Crippen LogP contribution is -2.25. The second-order valence-electron chi connectivity index (χ2n) is 8.30. The minimum atomic E-state index is 0.576. The van der Waals surface area contributed by atoms with E-state index in [9.17, 15) is 0 Å². The minimum Gasteiger partial charge on any atom is -0.430 e. The van der Waals surface area contributed by atoms with Crippen molar-refractivity contribution in [3.05, 3.63) is 58.7 Å². The van der Waals surface area contributed by atoms with E-state index in [1.54, 1.807) is 0 Å². The van der Waals surface area contributed by atoms with Crippen LogP contribution in [0.5, 0.6) is 10.9 Å². The average Bonchev–Trinajstić information content (AvgIpc) is 3.12. The van der Waals surface area contributed by atoms with Crippen LogP contribution in [0.4, 0.5) is 0 Å². The van der Waals surface area contributed by atoms with E-state index in [4.69, 9.17) is 4.74 Å². The van der Waals surface area contributed by atoms with E-state index in [2.05, 4.69) is 80.2 Å². The Morgan fingerprint density at radius 2 is 1.76 bits per heavy atom. The zero-order valence-corrected chi connectivity index (χ0v) is 19.1. The van der Waals surface area contributed by atoms with Crippen LogP contribution in [-0.2, 0) is 6.42 Å². The number of likely N-dealkylation sites (N-methyl/N-ethyl adjacent to an activating group) is 1. The second kappa shape index (κ2) is 9.51. The van der Waals surface area contributed by atoms with Crippen molar-refractivity contribution in [3.63, 3.8) is 0 Å². The van der Waals surface area contributed by atoms with Crippen molar-refractivity contribution in [1.29, 1.82) is 0 Å². The molecule has 3 aromatic rings. The van der Waals surface area contributed by atoms with Gasteiger partial charge in [0.25, 0.3) is 5.19 Å². The normalized spacial score (nSPS) is 11.4. The highest BCUT2D eigenvalue weighted by atomic mass is 32.1. The molecule has 1 heterocycles. The van der Waals surface area contributed by atoms with Crippen LogP contribution >= 0.6 is 11.5 Å². The van der Waals surface area contributed by atoms with Gasteiger partial charge in [0, 0.05) is 30.2 Å². The molecule has 0 amide bonds. The van der Waals surface area contributed by atoms with Crippen LogP contribution in [0.2, 0.25) is 0 Å². The molecule has 1 aromatic heterocycles. The molecule has 0 N–H and O–H groups in total. The quantitative estimate of drug-likeness (QED) is 0.454. The van der Waals surface area contributed by atoms with Gasteiger partial charge in [0.05, 0.1) is 0 Å². The Bertz CT molecular complexity index is 947. The van der Waals surface area contributed by atoms with E-state index in [1.165, 1.54) is 28.2 Å². The number of rotatable bonds is 8. The molecule has 0 radical (unpaired) electrons. The van der Waals surface area contributed by atoms with Crippen molar-refractivity contribution < 1.29 is 4.74 Å². The molecule has 0 bridgehead atoms. The number of benzene rings is 2. The van der Waals surface area contributed by atoms with Crippen LogP contribution in [0.1, 0.15) is 36.1 Å². The summed E-state index contributed by atoms with van der Waals surface area (Å²) in [6.45, 7) is 13.0. The Morgan fingerprint density at radius 3 is 2.45 bits per heavy atom. The third-order valence-corrected chi connectivity index (χ3v) is 5.58. The van der Waals surface area contributed by atoms with Gasteiger partial charge in [0.15, 0.2) is 5.82 Å². The van der Waals surface area contributed by atoms with Crippen LogP contribution in [0.25, 0.3) is 11.4 Å². The molecule has 0 aliphatic heterocycles. The van der Waals surface area contributed by atoms with Crippen LogP contribution in [-0.4, -0.2) is 34.4 Å². The lowest BCUT2D eigenvalue weighted by Gasteiger charge is -2.20. The van der Waals surface area contributed by atoms with Crippen LogP contribution in [0.15, 0.2) is 36.4 Å². The Morgan fingerprint density at radius 1 is 1.03 bits per heavy atom. The summed E-state index contributed by atoms with van der Waals surface area (Å²) in [5.41, 5.74) is 6.00. The molecule has 0 saturated heterocycles. The molecule has 0 atom stereocenters. The second-order valence-corrected chi connectivity index (χ2v) is 9.02. The number of aromatic nitrogens is 2. The molecule has 0 aliphatic carbocycles. The first-order valence-corrected chi connectivity index (χ1v) is 11.0. The van der Waals surface area contributed by atoms with Crippen molar-refractivity contribution in [2.45, 2.75) is 41.0 Å². The Kier molecular flexibility index (Phi) is 7.04. The molecule has 4 nitrogen and oxygen atoms in total. The smallest absolute Gasteiger partial charge is 0.299 e. The number of nitrogens with zero attached hydrogens (tertiary/aromatic N) is 3. The largest absolute Gasteiger partial charge is 0.430 e. The first-order valence-electron chi connectivity index (χ1n) is 10.2. The van der Waals surface area contributed by atoms with Gasteiger partial charge < -0.3 is 9.64 Å². The molecule has 3 rings (SSSR count). The van der Waals surface area contributed by atoms with Gasteiger partial charge in [-0.15, -0.1) is 0 Å². The van der Waals surface area contributed by atoms with Crippen LogP contribution in [0, 0.1) is 26.7 Å². The molecule has 0 aliphatic rings. The van der Waals surface area contributed by atoms with Crippen molar-refractivity contribution in [3.8, 4) is 22.3 Å². The molecule has 5 heteroatoms. The van der Waals surface area contributed by atoms with Crippen molar-refractivity contribution in [2.75, 3.05) is 20.1 Å². The van der Waals surface area contributed by atoms with E-state index < -0.39 is 0 Å². The summed E-state index contributed by atoms with van der Waals surface area (Å²) in [4.78, 5) is 6.96. The van der Waals surface area contributed by atoms with E-state index in [0.717, 1.165) is 36.4 Å².